The van der Waals surface area contributed by atoms with Crippen molar-refractivity contribution < 1.29 is 4.79 Å². The number of pyridine rings is 1. The van der Waals surface area contributed by atoms with E-state index in [4.69, 9.17) is 17.3 Å². The number of guanidine groups is 1. The molecule has 1 aromatic carbocycles. The molecule has 0 radical (unpaired) electrons. The number of carbonyl (C=O) groups is 1. The van der Waals surface area contributed by atoms with Gasteiger partial charge in [0.1, 0.15) is 12.4 Å². The second-order valence-electron chi connectivity index (χ2n) is 5.89. The van der Waals surface area contributed by atoms with Gasteiger partial charge in [0.25, 0.3) is 0 Å². The van der Waals surface area contributed by atoms with E-state index in [1.54, 1.807) is 12.3 Å². The predicted octanol–water partition coefficient (Wildman–Crippen LogP) is 2.43. The van der Waals surface area contributed by atoms with Gasteiger partial charge in [-0.1, -0.05) is 17.7 Å². The zero-order valence-electron chi connectivity index (χ0n) is 14.7. The zero-order valence-corrected chi connectivity index (χ0v) is 17.8. The van der Waals surface area contributed by atoms with Crippen LogP contribution in [0.1, 0.15) is 0 Å². The molecule has 7 nitrogen and oxygen atoms in total. The second kappa shape index (κ2) is 10.3. The van der Waals surface area contributed by atoms with Crippen molar-refractivity contribution in [2.75, 3.05) is 42.9 Å². The number of hydrogen-bond donors (Lipinski definition) is 2. The molecule has 2 aromatic rings. The minimum absolute atomic E-state index is 0. The van der Waals surface area contributed by atoms with Gasteiger partial charge in [-0.25, -0.2) is 9.98 Å². The Balaban J connectivity index is 0.00000261. The highest BCUT2D eigenvalue weighted by atomic mass is 127. The van der Waals surface area contributed by atoms with Crippen molar-refractivity contribution in [2.24, 2.45) is 10.7 Å². The average Bonchev–Trinajstić information content (AvgIpc) is 2.68. The second-order valence-corrected chi connectivity index (χ2v) is 6.32. The van der Waals surface area contributed by atoms with Gasteiger partial charge in [0.15, 0.2) is 5.96 Å². The van der Waals surface area contributed by atoms with Crippen LogP contribution in [0, 0.1) is 0 Å². The van der Waals surface area contributed by atoms with Crippen LogP contribution < -0.4 is 16.0 Å². The monoisotopic (exact) mass is 500 g/mol. The molecule has 1 fully saturated rings. The molecule has 0 bridgehead atoms. The Labute approximate surface area is 180 Å². The molecule has 1 aliphatic heterocycles. The van der Waals surface area contributed by atoms with Crippen LogP contribution in [-0.4, -0.2) is 54.5 Å². The van der Waals surface area contributed by atoms with Crippen LogP contribution in [0.5, 0.6) is 0 Å². The molecule has 9 heteroatoms. The number of halogens is 2. The Morgan fingerprint density at radius 3 is 2.48 bits per heavy atom. The van der Waals surface area contributed by atoms with Crippen LogP contribution in [0.2, 0.25) is 5.02 Å². The van der Waals surface area contributed by atoms with Crippen molar-refractivity contribution in [3.05, 3.63) is 53.7 Å². The first-order valence-corrected chi connectivity index (χ1v) is 8.76. The Morgan fingerprint density at radius 2 is 1.85 bits per heavy atom. The fraction of sp³-hybridized carbons (Fsp3) is 0.278. The van der Waals surface area contributed by atoms with E-state index in [2.05, 4.69) is 20.2 Å². The van der Waals surface area contributed by atoms with Crippen molar-refractivity contribution in [2.45, 2.75) is 0 Å². The molecule has 1 aromatic heterocycles. The van der Waals surface area contributed by atoms with Crippen LogP contribution >= 0.6 is 35.6 Å². The van der Waals surface area contributed by atoms with E-state index in [1.807, 2.05) is 41.3 Å². The molecule has 3 rings (SSSR count). The number of aromatic nitrogens is 1. The van der Waals surface area contributed by atoms with Gasteiger partial charge in [-0.05, 0) is 36.4 Å². The summed E-state index contributed by atoms with van der Waals surface area (Å²) in [5.74, 6) is 0.737. The third-order valence-corrected chi connectivity index (χ3v) is 4.38. The molecular formula is C18H22ClIN6O. The maximum atomic E-state index is 12.3. The summed E-state index contributed by atoms with van der Waals surface area (Å²) in [6.07, 6.45) is 1.65. The SMILES string of the molecule is I.NC(=NCC(=O)N1CCN(c2ccc(Cl)cc2)CC1)Nc1ccccn1. The number of nitrogens with two attached hydrogens (primary N) is 1. The van der Waals surface area contributed by atoms with E-state index in [0.29, 0.717) is 18.9 Å². The lowest BCUT2D eigenvalue weighted by Gasteiger charge is -2.36. The summed E-state index contributed by atoms with van der Waals surface area (Å²) in [5, 5.41) is 3.58. The number of anilines is 2. The Morgan fingerprint density at radius 1 is 1.15 bits per heavy atom. The van der Waals surface area contributed by atoms with Gasteiger partial charge in [-0.2, -0.15) is 0 Å². The van der Waals surface area contributed by atoms with Gasteiger partial charge in [-0.15, -0.1) is 24.0 Å². The van der Waals surface area contributed by atoms with Crippen molar-refractivity contribution in [1.29, 1.82) is 0 Å². The third kappa shape index (κ3) is 6.24. The minimum Gasteiger partial charge on any atom is -0.370 e. The molecule has 0 saturated carbocycles. The van der Waals surface area contributed by atoms with Gasteiger partial charge < -0.3 is 20.9 Å². The van der Waals surface area contributed by atoms with E-state index < -0.39 is 0 Å². The number of rotatable bonds is 4. The van der Waals surface area contributed by atoms with Crippen LogP contribution in [0.4, 0.5) is 11.5 Å². The highest BCUT2D eigenvalue weighted by molar-refractivity contribution is 14.0. The van der Waals surface area contributed by atoms with Gasteiger partial charge in [0, 0.05) is 43.1 Å². The molecular weight excluding hydrogens is 479 g/mol. The van der Waals surface area contributed by atoms with Crippen LogP contribution in [-0.2, 0) is 4.79 Å². The first-order chi connectivity index (χ1) is 12.6. The van der Waals surface area contributed by atoms with Gasteiger partial charge in [0.05, 0.1) is 0 Å². The van der Waals surface area contributed by atoms with Gasteiger partial charge in [0.2, 0.25) is 5.91 Å². The zero-order chi connectivity index (χ0) is 18.4. The number of nitrogens with zero attached hydrogens (tertiary/aromatic N) is 4. The molecule has 0 unspecified atom stereocenters. The number of nitrogens with one attached hydrogen (secondary N) is 1. The van der Waals surface area contributed by atoms with Crippen LogP contribution in [0.15, 0.2) is 53.7 Å². The largest absolute Gasteiger partial charge is 0.370 e. The van der Waals surface area contributed by atoms with E-state index in [9.17, 15) is 4.79 Å². The smallest absolute Gasteiger partial charge is 0.244 e. The molecule has 3 N–H and O–H groups in total. The van der Waals surface area contributed by atoms with Crippen LogP contribution in [0.3, 0.4) is 0 Å². The normalized spacial score (nSPS) is 14.5. The van der Waals surface area contributed by atoms with Crippen molar-refractivity contribution >= 4 is 58.9 Å². The molecule has 27 heavy (non-hydrogen) atoms. The lowest BCUT2D eigenvalue weighted by Crippen LogP contribution is -2.49. The van der Waals surface area contributed by atoms with E-state index in [-0.39, 0.29) is 42.4 Å². The molecule has 1 saturated heterocycles. The molecule has 0 spiro atoms. The van der Waals surface area contributed by atoms with Gasteiger partial charge in [-0.3, -0.25) is 4.79 Å². The maximum absolute atomic E-state index is 12.3. The lowest BCUT2D eigenvalue weighted by molar-refractivity contribution is -0.129. The first kappa shape index (κ1) is 21.2. The summed E-state index contributed by atoms with van der Waals surface area (Å²) in [7, 11) is 0. The average molecular weight is 501 g/mol. The van der Waals surface area contributed by atoms with Crippen LogP contribution in [0.25, 0.3) is 0 Å². The van der Waals surface area contributed by atoms with E-state index in [1.165, 1.54) is 0 Å². The summed E-state index contributed by atoms with van der Waals surface area (Å²) in [6.45, 7) is 2.89. The van der Waals surface area contributed by atoms with Crippen molar-refractivity contribution in [1.82, 2.24) is 9.88 Å². The topological polar surface area (TPSA) is 86.8 Å². The summed E-state index contributed by atoms with van der Waals surface area (Å²) in [5.41, 5.74) is 6.92. The lowest BCUT2D eigenvalue weighted by atomic mass is 10.2. The number of carbonyl (C=O) groups excluding carboxylic acids is 1. The summed E-state index contributed by atoms with van der Waals surface area (Å²) in [6, 6.07) is 13.2. The highest BCUT2D eigenvalue weighted by Crippen LogP contribution is 2.19. The predicted molar refractivity (Wildman–Crippen MR) is 120 cm³/mol. The number of amides is 1. The number of benzene rings is 1. The number of piperazine rings is 1. The fourth-order valence-electron chi connectivity index (χ4n) is 2.73. The van der Waals surface area contributed by atoms with Crippen molar-refractivity contribution in [3.63, 3.8) is 0 Å². The van der Waals surface area contributed by atoms with E-state index >= 15 is 0 Å². The number of hydrogen-bond acceptors (Lipinski definition) is 4. The standard InChI is InChI=1S/C18H21ClN6O.HI/c19-14-4-6-15(7-5-14)24-9-11-25(12-10-24)17(26)13-22-18(20)23-16-3-1-2-8-21-16;/h1-8H,9-13H2,(H3,20,21,22,23);1H. The fourth-order valence-corrected chi connectivity index (χ4v) is 2.85. The van der Waals surface area contributed by atoms with E-state index in [0.717, 1.165) is 23.8 Å². The third-order valence-electron chi connectivity index (χ3n) is 4.13. The molecule has 1 amide bonds. The summed E-state index contributed by atoms with van der Waals surface area (Å²) in [4.78, 5) is 24.6. The maximum Gasteiger partial charge on any atom is 0.244 e. The molecule has 144 valence electrons. The Kier molecular flexibility index (Phi) is 8.11. The highest BCUT2D eigenvalue weighted by Gasteiger charge is 2.21. The molecule has 1 aliphatic rings. The molecule has 0 atom stereocenters. The quantitative estimate of drug-likeness (QED) is 0.383. The van der Waals surface area contributed by atoms with Gasteiger partial charge >= 0.3 is 0 Å². The minimum atomic E-state index is -0.0356. The first-order valence-electron chi connectivity index (χ1n) is 8.38. The molecule has 2 heterocycles. The number of aliphatic imine (C=N–C) groups is 1. The molecule has 0 aliphatic carbocycles. The summed E-state index contributed by atoms with van der Waals surface area (Å²) < 4.78 is 0. The van der Waals surface area contributed by atoms with Crippen molar-refractivity contribution in [3.8, 4) is 0 Å². The Bertz CT molecular complexity index is 763. The summed E-state index contributed by atoms with van der Waals surface area (Å²) >= 11 is 5.92. The Hall–Kier alpha value is -2.07.